The first-order chi connectivity index (χ1) is 9.26. The number of nitrogens with zero attached hydrogens (tertiary/aromatic N) is 3. The fourth-order valence-electron chi connectivity index (χ4n) is 2.05. The molecule has 1 atom stereocenters. The molecule has 4 nitrogen and oxygen atoms in total. The van der Waals surface area contributed by atoms with Crippen LogP contribution < -0.4 is 5.73 Å². The van der Waals surface area contributed by atoms with Crippen LogP contribution in [0.15, 0.2) is 48.8 Å². The molecule has 0 saturated carbocycles. The molecular weight excluding hydrogens is 236 g/mol. The lowest BCUT2D eigenvalue weighted by atomic mass is 9.76. The number of hydrogen-bond acceptors (Lipinski definition) is 4. The molecule has 1 unspecified atom stereocenters. The van der Waals surface area contributed by atoms with Gasteiger partial charge in [-0.2, -0.15) is 10.5 Å². The van der Waals surface area contributed by atoms with Crippen LogP contribution in [0.4, 0.5) is 0 Å². The van der Waals surface area contributed by atoms with Crippen molar-refractivity contribution >= 4 is 0 Å². The lowest BCUT2D eigenvalue weighted by Gasteiger charge is -2.25. The maximum Gasteiger partial charge on any atom is 0.121 e. The summed E-state index contributed by atoms with van der Waals surface area (Å²) in [4.78, 5) is 4.04. The van der Waals surface area contributed by atoms with Gasteiger partial charge in [0.25, 0.3) is 0 Å². The summed E-state index contributed by atoms with van der Waals surface area (Å²) in [7, 11) is 0. The van der Waals surface area contributed by atoms with E-state index in [2.05, 4.69) is 17.1 Å². The number of rotatable bonds is 3. The molecule has 0 amide bonds. The van der Waals surface area contributed by atoms with Gasteiger partial charge < -0.3 is 5.73 Å². The van der Waals surface area contributed by atoms with Gasteiger partial charge in [0.1, 0.15) is 5.41 Å². The van der Waals surface area contributed by atoms with Crippen molar-refractivity contribution in [1.82, 2.24) is 4.98 Å². The van der Waals surface area contributed by atoms with Crippen LogP contribution >= 0.6 is 0 Å². The first kappa shape index (κ1) is 12.8. The van der Waals surface area contributed by atoms with Crippen molar-refractivity contribution < 1.29 is 0 Å². The van der Waals surface area contributed by atoms with Gasteiger partial charge in [-0.05, 0) is 29.3 Å². The number of nitriles is 2. The van der Waals surface area contributed by atoms with E-state index in [9.17, 15) is 5.26 Å². The molecule has 2 aromatic rings. The topological polar surface area (TPSA) is 86.5 Å². The summed E-state index contributed by atoms with van der Waals surface area (Å²) < 4.78 is 0. The van der Waals surface area contributed by atoms with Gasteiger partial charge in [0.05, 0.1) is 17.7 Å². The number of pyridine rings is 1. The van der Waals surface area contributed by atoms with Crippen LogP contribution in [0.2, 0.25) is 0 Å². The minimum absolute atomic E-state index is 0.129. The Labute approximate surface area is 111 Å². The monoisotopic (exact) mass is 248 g/mol. The second-order valence-electron chi connectivity index (χ2n) is 4.16. The second-order valence-corrected chi connectivity index (χ2v) is 4.16. The SMILES string of the molecule is N#Cc1cccc(C(C#N)(CN)c2cccnc2)c1. The molecule has 1 aromatic carbocycles. The molecule has 0 radical (unpaired) electrons. The van der Waals surface area contributed by atoms with Gasteiger partial charge in [-0.3, -0.25) is 4.98 Å². The van der Waals surface area contributed by atoms with Crippen molar-refractivity contribution in [3.8, 4) is 12.1 Å². The van der Waals surface area contributed by atoms with Crippen LogP contribution in [0.25, 0.3) is 0 Å². The first-order valence-corrected chi connectivity index (χ1v) is 5.79. The predicted octanol–water partition coefficient (Wildman–Crippen LogP) is 1.72. The largest absolute Gasteiger partial charge is 0.328 e. The highest BCUT2D eigenvalue weighted by molar-refractivity contribution is 5.48. The van der Waals surface area contributed by atoms with Gasteiger partial charge in [0.15, 0.2) is 0 Å². The lowest BCUT2D eigenvalue weighted by Crippen LogP contribution is -2.35. The van der Waals surface area contributed by atoms with E-state index in [1.165, 1.54) is 0 Å². The Bertz CT molecular complexity index is 652. The maximum absolute atomic E-state index is 9.61. The highest BCUT2D eigenvalue weighted by Gasteiger charge is 2.33. The van der Waals surface area contributed by atoms with Crippen LogP contribution in [0.1, 0.15) is 16.7 Å². The molecule has 0 bridgehead atoms. The number of benzene rings is 1. The van der Waals surface area contributed by atoms with Crippen molar-refractivity contribution in [3.63, 3.8) is 0 Å². The first-order valence-electron chi connectivity index (χ1n) is 5.79. The van der Waals surface area contributed by atoms with Crippen molar-refractivity contribution in [2.45, 2.75) is 5.41 Å². The van der Waals surface area contributed by atoms with Crippen LogP contribution in [-0.4, -0.2) is 11.5 Å². The Hall–Kier alpha value is -2.69. The molecule has 1 aromatic heterocycles. The van der Waals surface area contributed by atoms with E-state index < -0.39 is 5.41 Å². The normalized spacial score (nSPS) is 13.0. The molecule has 0 fully saturated rings. The highest BCUT2D eigenvalue weighted by atomic mass is 14.7. The van der Waals surface area contributed by atoms with Crippen LogP contribution in [0.5, 0.6) is 0 Å². The minimum atomic E-state index is -0.971. The molecule has 4 heteroatoms. The van der Waals surface area contributed by atoms with Crippen LogP contribution in [0, 0.1) is 22.7 Å². The van der Waals surface area contributed by atoms with Crippen molar-refractivity contribution in [2.75, 3.05) is 6.54 Å². The summed E-state index contributed by atoms with van der Waals surface area (Å²) in [5.74, 6) is 0. The fraction of sp³-hybridized carbons (Fsp3) is 0.133. The predicted molar refractivity (Wildman–Crippen MR) is 70.8 cm³/mol. The molecule has 2 N–H and O–H groups in total. The van der Waals surface area contributed by atoms with Gasteiger partial charge in [-0.15, -0.1) is 0 Å². The number of hydrogen-bond donors (Lipinski definition) is 1. The summed E-state index contributed by atoms with van der Waals surface area (Å²) in [6, 6.07) is 14.9. The standard InChI is InChI=1S/C15H12N4/c16-8-12-3-1-4-13(7-12)15(10-17,11-18)14-5-2-6-19-9-14/h1-7,9H,10,17H2. The summed E-state index contributed by atoms with van der Waals surface area (Å²) in [6.07, 6.45) is 3.28. The van der Waals surface area contributed by atoms with Crippen molar-refractivity contribution in [3.05, 3.63) is 65.5 Å². The Morgan fingerprint density at radius 1 is 1.16 bits per heavy atom. The van der Waals surface area contributed by atoms with Gasteiger partial charge in [-0.1, -0.05) is 18.2 Å². The average molecular weight is 248 g/mol. The Balaban J connectivity index is 2.64. The third kappa shape index (κ3) is 2.18. The van der Waals surface area contributed by atoms with E-state index in [1.54, 1.807) is 36.7 Å². The molecule has 0 aliphatic heterocycles. The molecule has 0 saturated heterocycles. The van der Waals surface area contributed by atoms with E-state index in [-0.39, 0.29) is 6.54 Å². The van der Waals surface area contributed by atoms with E-state index in [1.807, 2.05) is 12.1 Å². The van der Waals surface area contributed by atoms with E-state index >= 15 is 0 Å². The lowest BCUT2D eigenvalue weighted by molar-refractivity contribution is 0.666. The van der Waals surface area contributed by atoms with Gasteiger partial charge >= 0.3 is 0 Å². The zero-order chi connectivity index (χ0) is 13.7. The van der Waals surface area contributed by atoms with Crippen molar-refractivity contribution in [2.24, 2.45) is 5.73 Å². The maximum atomic E-state index is 9.61. The summed E-state index contributed by atoms with van der Waals surface area (Å²) in [5, 5.41) is 18.6. The summed E-state index contributed by atoms with van der Waals surface area (Å²) >= 11 is 0. The molecule has 0 spiro atoms. The quantitative estimate of drug-likeness (QED) is 0.896. The fourth-order valence-corrected chi connectivity index (χ4v) is 2.05. The minimum Gasteiger partial charge on any atom is -0.328 e. The molecule has 0 aliphatic rings. The molecule has 1 heterocycles. The van der Waals surface area contributed by atoms with Gasteiger partial charge in [-0.25, -0.2) is 0 Å². The van der Waals surface area contributed by atoms with Crippen LogP contribution in [-0.2, 0) is 5.41 Å². The molecular formula is C15H12N4. The highest BCUT2D eigenvalue weighted by Crippen LogP contribution is 2.30. The Kier molecular flexibility index (Phi) is 3.56. The third-order valence-electron chi connectivity index (χ3n) is 3.14. The van der Waals surface area contributed by atoms with E-state index in [0.29, 0.717) is 11.1 Å². The second kappa shape index (κ2) is 5.30. The van der Waals surface area contributed by atoms with E-state index in [4.69, 9.17) is 11.0 Å². The molecule has 0 aliphatic carbocycles. The molecule has 19 heavy (non-hydrogen) atoms. The third-order valence-corrected chi connectivity index (χ3v) is 3.14. The van der Waals surface area contributed by atoms with Gasteiger partial charge in [0.2, 0.25) is 0 Å². The zero-order valence-corrected chi connectivity index (χ0v) is 10.2. The van der Waals surface area contributed by atoms with Gasteiger partial charge in [0, 0.05) is 18.9 Å². The Morgan fingerprint density at radius 3 is 2.53 bits per heavy atom. The van der Waals surface area contributed by atoms with Crippen LogP contribution in [0.3, 0.4) is 0 Å². The zero-order valence-electron chi connectivity index (χ0n) is 10.2. The summed E-state index contributed by atoms with van der Waals surface area (Å²) in [5.41, 5.74) is 6.82. The summed E-state index contributed by atoms with van der Waals surface area (Å²) in [6.45, 7) is 0.129. The van der Waals surface area contributed by atoms with Crippen molar-refractivity contribution in [1.29, 1.82) is 10.5 Å². The molecule has 2 rings (SSSR count). The number of nitrogens with two attached hydrogens (primary N) is 1. The van der Waals surface area contributed by atoms with E-state index in [0.717, 1.165) is 5.56 Å². The smallest absolute Gasteiger partial charge is 0.121 e. The average Bonchev–Trinajstić information content (AvgIpc) is 2.50. The molecule has 92 valence electrons. The number of aromatic nitrogens is 1. The Morgan fingerprint density at radius 2 is 1.95 bits per heavy atom.